The van der Waals surface area contributed by atoms with Gasteiger partial charge in [0.25, 0.3) is 0 Å². The summed E-state index contributed by atoms with van der Waals surface area (Å²) >= 11 is 0. The molecule has 0 fully saturated rings. The van der Waals surface area contributed by atoms with Gasteiger partial charge >= 0.3 is 5.97 Å². The molecular formula is C19H20N2O3. The Bertz CT molecular complexity index is 853. The molecule has 0 aliphatic rings. The Labute approximate surface area is 140 Å². The van der Waals surface area contributed by atoms with Crippen molar-refractivity contribution in [1.82, 2.24) is 9.55 Å². The molecule has 5 heteroatoms. The number of hydrogen-bond acceptors (Lipinski definition) is 3. The maximum atomic E-state index is 11.3. The number of ether oxygens (including phenoxy) is 1. The van der Waals surface area contributed by atoms with Crippen LogP contribution in [0.2, 0.25) is 0 Å². The lowest BCUT2D eigenvalue weighted by atomic mass is 10.1. The summed E-state index contributed by atoms with van der Waals surface area (Å²) in [7, 11) is 1.64. The molecule has 1 aromatic heterocycles. The molecule has 2 aromatic carbocycles. The standard InChI is InChI=1S/C19H20N2O3/c1-13(19(22)23)12-21-17-6-4-3-5-16(17)20-18(21)11-14-7-9-15(24-2)10-8-14/h3-10,13H,11-12H2,1-2H3,(H,22,23)/t13-/m0/s1. The zero-order valence-corrected chi connectivity index (χ0v) is 13.8. The number of aliphatic carboxylic acids is 1. The highest BCUT2D eigenvalue weighted by atomic mass is 16.5. The highest BCUT2D eigenvalue weighted by molar-refractivity contribution is 5.76. The van der Waals surface area contributed by atoms with E-state index in [1.165, 1.54) is 0 Å². The fourth-order valence-corrected chi connectivity index (χ4v) is 2.74. The summed E-state index contributed by atoms with van der Waals surface area (Å²) in [5, 5.41) is 9.24. The van der Waals surface area contributed by atoms with Gasteiger partial charge < -0.3 is 14.4 Å². The molecule has 0 aliphatic heterocycles. The molecule has 124 valence electrons. The number of carboxylic acid groups (broad SMARTS) is 1. The van der Waals surface area contributed by atoms with Crippen LogP contribution in [0.15, 0.2) is 48.5 Å². The lowest BCUT2D eigenvalue weighted by Crippen LogP contribution is -2.18. The Morgan fingerprint density at radius 2 is 1.92 bits per heavy atom. The molecule has 0 unspecified atom stereocenters. The number of rotatable bonds is 6. The minimum absolute atomic E-state index is 0.404. The Kier molecular flexibility index (Phi) is 4.51. The Hall–Kier alpha value is -2.82. The van der Waals surface area contributed by atoms with Gasteiger partial charge in [-0.2, -0.15) is 0 Å². The number of carboxylic acids is 1. The van der Waals surface area contributed by atoms with Crippen LogP contribution >= 0.6 is 0 Å². The Morgan fingerprint density at radius 3 is 2.58 bits per heavy atom. The largest absolute Gasteiger partial charge is 0.497 e. The van der Waals surface area contributed by atoms with E-state index >= 15 is 0 Å². The highest BCUT2D eigenvalue weighted by Crippen LogP contribution is 2.21. The van der Waals surface area contributed by atoms with Crippen molar-refractivity contribution in [1.29, 1.82) is 0 Å². The van der Waals surface area contributed by atoms with Crippen LogP contribution in [0.1, 0.15) is 18.3 Å². The van der Waals surface area contributed by atoms with E-state index in [1.54, 1.807) is 14.0 Å². The third-order valence-corrected chi connectivity index (χ3v) is 4.13. The molecule has 5 nitrogen and oxygen atoms in total. The predicted octanol–water partition coefficient (Wildman–Crippen LogP) is 3.36. The maximum absolute atomic E-state index is 11.3. The zero-order valence-electron chi connectivity index (χ0n) is 13.8. The molecule has 0 aliphatic carbocycles. The third-order valence-electron chi connectivity index (χ3n) is 4.13. The van der Waals surface area contributed by atoms with E-state index in [0.717, 1.165) is 28.2 Å². The van der Waals surface area contributed by atoms with Crippen LogP contribution < -0.4 is 4.74 Å². The first-order valence-electron chi connectivity index (χ1n) is 7.88. The van der Waals surface area contributed by atoms with Crippen LogP contribution in [0, 0.1) is 5.92 Å². The van der Waals surface area contributed by atoms with E-state index in [9.17, 15) is 9.90 Å². The quantitative estimate of drug-likeness (QED) is 0.755. The zero-order chi connectivity index (χ0) is 17.1. The van der Waals surface area contributed by atoms with E-state index in [-0.39, 0.29) is 0 Å². The lowest BCUT2D eigenvalue weighted by Gasteiger charge is -2.12. The van der Waals surface area contributed by atoms with Gasteiger partial charge in [-0.25, -0.2) is 4.98 Å². The van der Waals surface area contributed by atoms with Crippen LogP contribution in [-0.2, 0) is 17.8 Å². The second kappa shape index (κ2) is 6.74. The molecule has 3 aromatic rings. The van der Waals surface area contributed by atoms with Crippen LogP contribution in [0.25, 0.3) is 11.0 Å². The van der Waals surface area contributed by atoms with Crippen molar-refractivity contribution in [3.05, 3.63) is 59.9 Å². The molecular weight excluding hydrogens is 304 g/mol. The van der Waals surface area contributed by atoms with Crippen LogP contribution in [0.3, 0.4) is 0 Å². The van der Waals surface area contributed by atoms with E-state index in [0.29, 0.717) is 13.0 Å². The topological polar surface area (TPSA) is 64.4 Å². The minimum atomic E-state index is -0.803. The number of benzene rings is 2. The highest BCUT2D eigenvalue weighted by Gasteiger charge is 2.17. The maximum Gasteiger partial charge on any atom is 0.308 e. The number of para-hydroxylation sites is 2. The first-order valence-corrected chi connectivity index (χ1v) is 7.88. The number of carbonyl (C=O) groups is 1. The van der Waals surface area contributed by atoms with Crippen molar-refractivity contribution < 1.29 is 14.6 Å². The van der Waals surface area contributed by atoms with Gasteiger partial charge in [-0.1, -0.05) is 31.2 Å². The second-order valence-corrected chi connectivity index (χ2v) is 5.89. The van der Waals surface area contributed by atoms with E-state index in [4.69, 9.17) is 9.72 Å². The van der Waals surface area contributed by atoms with Crippen molar-refractivity contribution in [3.63, 3.8) is 0 Å². The number of nitrogens with zero attached hydrogens (tertiary/aromatic N) is 2. The molecule has 24 heavy (non-hydrogen) atoms. The van der Waals surface area contributed by atoms with Gasteiger partial charge in [-0.15, -0.1) is 0 Å². The Balaban J connectivity index is 1.97. The number of imidazole rings is 1. The van der Waals surface area contributed by atoms with Gasteiger partial charge in [-0.05, 0) is 29.8 Å². The van der Waals surface area contributed by atoms with Gasteiger partial charge in [0.15, 0.2) is 0 Å². The molecule has 1 N–H and O–H groups in total. The molecule has 0 saturated carbocycles. The summed E-state index contributed by atoms with van der Waals surface area (Å²) in [4.78, 5) is 16.0. The smallest absolute Gasteiger partial charge is 0.308 e. The molecule has 0 saturated heterocycles. The third kappa shape index (κ3) is 3.25. The minimum Gasteiger partial charge on any atom is -0.497 e. The van der Waals surface area contributed by atoms with Gasteiger partial charge in [0.1, 0.15) is 11.6 Å². The average Bonchev–Trinajstić information content (AvgIpc) is 2.93. The molecule has 1 atom stereocenters. The molecule has 0 spiro atoms. The van der Waals surface area contributed by atoms with Crippen molar-refractivity contribution in [2.45, 2.75) is 19.9 Å². The summed E-state index contributed by atoms with van der Waals surface area (Å²) < 4.78 is 7.20. The van der Waals surface area contributed by atoms with Gasteiger partial charge in [0, 0.05) is 13.0 Å². The van der Waals surface area contributed by atoms with E-state index < -0.39 is 11.9 Å². The second-order valence-electron chi connectivity index (χ2n) is 5.89. The first kappa shape index (κ1) is 16.1. The van der Waals surface area contributed by atoms with Crippen molar-refractivity contribution in [2.75, 3.05) is 7.11 Å². The number of hydrogen-bond donors (Lipinski definition) is 1. The summed E-state index contributed by atoms with van der Waals surface area (Å²) in [6, 6.07) is 15.7. The molecule has 3 rings (SSSR count). The van der Waals surface area contributed by atoms with Gasteiger partial charge in [-0.3, -0.25) is 4.79 Å². The lowest BCUT2D eigenvalue weighted by molar-refractivity contribution is -0.141. The fourth-order valence-electron chi connectivity index (χ4n) is 2.74. The number of aromatic nitrogens is 2. The molecule has 0 radical (unpaired) electrons. The van der Waals surface area contributed by atoms with E-state index in [2.05, 4.69) is 0 Å². The molecule has 0 bridgehead atoms. The van der Waals surface area contributed by atoms with Crippen molar-refractivity contribution in [2.24, 2.45) is 5.92 Å². The predicted molar refractivity (Wildman–Crippen MR) is 92.3 cm³/mol. The summed E-state index contributed by atoms with van der Waals surface area (Å²) in [6.45, 7) is 2.12. The monoisotopic (exact) mass is 324 g/mol. The normalized spacial score (nSPS) is 12.2. The summed E-state index contributed by atoms with van der Waals surface area (Å²) in [5.41, 5.74) is 2.96. The Morgan fingerprint density at radius 1 is 1.21 bits per heavy atom. The van der Waals surface area contributed by atoms with Crippen LogP contribution in [-0.4, -0.2) is 27.7 Å². The van der Waals surface area contributed by atoms with E-state index in [1.807, 2.05) is 53.1 Å². The van der Waals surface area contributed by atoms with Crippen LogP contribution in [0.5, 0.6) is 5.75 Å². The summed E-state index contributed by atoms with van der Waals surface area (Å²) in [6.07, 6.45) is 0.644. The average molecular weight is 324 g/mol. The number of methoxy groups -OCH3 is 1. The van der Waals surface area contributed by atoms with Gasteiger partial charge in [0.2, 0.25) is 0 Å². The van der Waals surface area contributed by atoms with Crippen LogP contribution in [0.4, 0.5) is 0 Å². The van der Waals surface area contributed by atoms with Crippen molar-refractivity contribution in [3.8, 4) is 5.75 Å². The summed E-state index contributed by atoms with van der Waals surface area (Å²) in [5.74, 6) is 0.404. The SMILES string of the molecule is COc1ccc(Cc2nc3ccccc3n2C[C@H](C)C(=O)O)cc1. The van der Waals surface area contributed by atoms with Gasteiger partial charge in [0.05, 0.1) is 24.1 Å². The first-order chi connectivity index (χ1) is 11.6. The molecule has 0 amide bonds. The van der Waals surface area contributed by atoms with Crippen molar-refractivity contribution >= 4 is 17.0 Å². The fraction of sp³-hybridized carbons (Fsp3) is 0.263. The number of fused-ring (bicyclic) bond motifs is 1. The molecule has 1 heterocycles.